The molecule has 0 aromatic carbocycles. The highest BCUT2D eigenvalue weighted by Crippen LogP contribution is 2.40. The summed E-state index contributed by atoms with van der Waals surface area (Å²) >= 11 is 0. The first-order valence-corrected chi connectivity index (χ1v) is 9.60. The van der Waals surface area contributed by atoms with E-state index in [1.807, 2.05) is 33.8 Å². The molecule has 2 rings (SSSR count). The molecule has 1 aliphatic heterocycles. The van der Waals surface area contributed by atoms with Crippen LogP contribution in [0.5, 0.6) is 0 Å². The Labute approximate surface area is 172 Å². The van der Waals surface area contributed by atoms with Crippen molar-refractivity contribution in [3.05, 3.63) is 47.4 Å². The Balaban J connectivity index is 2.31. The van der Waals surface area contributed by atoms with E-state index in [1.54, 1.807) is 19.2 Å². The lowest BCUT2D eigenvalue weighted by atomic mass is 9.73. The molecular weight excluding hydrogens is 375 g/mol. The molecule has 0 amide bonds. The molecule has 160 valence electrons. The Hall–Kier alpha value is -1.87. The summed E-state index contributed by atoms with van der Waals surface area (Å²) in [7, 11) is 0.971. The zero-order valence-corrected chi connectivity index (χ0v) is 18.1. The standard InChI is InChI=1S/C21H31BO7/c1-14(13-25-7)17(22-28-20(3,4)21(5,6)29-22)9-11-18(26-15(2)24)19-10-8-16(12-23)27-19/h8-10,18,23H,1,11-13H2,2-7H3/b17-9-/t18-/m0/s1. The van der Waals surface area contributed by atoms with Crippen molar-refractivity contribution in [2.24, 2.45) is 0 Å². The van der Waals surface area contributed by atoms with Gasteiger partial charge < -0.3 is 28.3 Å². The molecule has 29 heavy (non-hydrogen) atoms. The average Bonchev–Trinajstić information content (AvgIpc) is 3.16. The van der Waals surface area contributed by atoms with Crippen molar-refractivity contribution in [1.29, 1.82) is 0 Å². The van der Waals surface area contributed by atoms with Gasteiger partial charge in [0.15, 0.2) is 6.10 Å². The lowest BCUT2D eigenvalue weighted by Crippen LogP contribution is -2.41. The molecular formula is C21H31BO7. The Morgan fingerprint density at radius 1 is 1.28 bits per heavy atom. The lowest BCUT2D eigenvalue weighted by Gasteiger charge is -2.32. The fraction of sp³-hybridized carbons (Fsp3) is 0.571. The third-order valence-corrected chi connectivity index (χ3v) is 5.25. The number of aliphatic hydroxyl groups excluding tert-OH is 1. The average molecular weight is 406 g/mol. The molecule has 0 aliphatic carbocycles. The molecule has 0 radical (unpaired) electrons. The molecule has 1 saturated heterocycles. The molecule has 0 unspecified atom stereocenters. The second-order valence-electron chi connectivity index (χ2n) is 8.08. The quantitative estimate of drug-likeness (QED) is 0.381. The molecule has 8 heteroatoms. The van der Waals surface area contributed by atoms with E-state index in [-0.39, 0.29) is 6.61 Å². The highest BCUT2D eigenvalue weighted by molar-refractivity contribution is 6.56. The van der Waals surface area contributed by atoms with E-state index in [9.17, 15) is 9.90 Å². The fourth-order valence-electron chi connectivity index (χ4n) is 2.94. The van der Waals surface area contributed by atoms with Gasteiger partial charge in [0.25, 0.3) is 0 Å². The number of hydrogen-bond donors (Lipinski definition) is 1. The number of methoxy groups -OCH3 is 1. The molecule has 7 nitrogen and oxygen atoms in total. The van der Waals surface area contributed by atoms with Crippen LogP contribution < -0.4 is 0 Å². The van der Waals surface area contributed by atoms with Gasteiger partial charge in [-0.05, 0) is 50.9 Å². The van der Waals surface area contributed by atoms with Gasteiger partial charge in [0, 0.05) is 20.5 Å². The van der Waals surface area contributed by atoms with Crippen LogP contribution in [0.25, 0.3) is 0 Å². The van der Waals surface area contributed by atoms with Gasteiger partial charge in [-0.15, -0.1) is 0 Å². The highest BCUT2D eigenvalue weighted by atomic mass is 16.7. The van der Waals surface area contributed by atoms with Crippen molar-refractivity contribution in [3.8, 4) is 0 Å². The number of carbonyl (C=O) groups is 1. The summed E-state index contributed by atoms with van der Waals surface area (Å²) in [6.45, 7) is 13.4. The second kappa shape index (κ2) is 9.30. The Morgan fingerprint density at radius 3 is 2.38 bits per heavy atom. The molecule has 2 heterocycles. The largest absolute Gasteiger partial charge is 0.494 e. The van der Waals surface area contributed by atoms with Gasteiger partial charge in [0.05, 0.1) is 17.8 Å². The van der Waals surface area contributed by atoms with Crippen LogP contribution in [0.1, 0.15) is 58.7 Å². The van der Waals surface area contributed by atoms with Gasteiger partial charge in [0.2, 0.25) is 0 Å². The van der Waals surface area contributed by atoms with E-state index < -0.39 is 30.4 Å². The highest BCUT2D eigenvalue weighted by Gasteiger charge is 2.52. The third kappa shape index (κ3) is 5.60. The van der Waals surface area contributed by atoms with E-state index >= 15 is 0 Å². The number of ether oxygens (including phenoxy) is 2. The molecule has 1 N–H and O–H groups in total. The first-order valence-electron chi connectivity index (χ1n) is 9.60. The van der Waals surface area contributed by atoms with Crippen molar-refractivity contribution < 1.29 is 33.1 Å². The van der Waals surface area contributed by atoms with Gasteiger partial charge >= 0.3 is 13.1 Å². The van der Waals surface area contributed by atoms with Crippen LogP contribution in [-0.4, -0.2) is 43.1 Å². The summed E-state index contributed by atoms with van der Waals surface area (Å²) in [5.74, 6) is 0.417. The van der Waals surface area contributed by atoms with E-state index in [4.69, 9.17) is 23.2 Å². The van der Waals surface area contributed by atoms with Crippen molar-refractivity contribution in [3.63, 3.8) is 0 Å². The molecule has 0 spiro atoms. The third-order valence-electron chi connectivity index (χ3n) is 5.25. The van der Waals surface area contributed by atoms with Gasteiger partial charge in [-0.2, -0.15) is 0 Å². The van der Waals surface area contributed by atoms with Gasteiger partial charge in [-0.1, -0.05) is 12.7 Å². The molecule has 1 aromatic heterocycles. The first kappa shape index (κ1) is 23.4. The monoisotopic (exact) mass is 406 g/mol. The summed E-state index contributed by atoms with van der Waals surface area (Å²) in [6.07, 6.45) is 1.54. The van der Waals surface area contributed by atoms with E-state index in [2.05, 4.69) is 6.58 Å². The van der Waals surface area contributed by atoms with Gasteiger partial charge in [0.1, 0.15) is 18.1 Å². The predicted octanol–water partition coefficient (Wildman–Crippen LogP) is 3.53. The zero-order chi connectivity index (χ0) is 21.8. The summed E-state index contributed by atoms with van der Waals surface area (Å²) in [4.78, 5) is 11.6. The number of rotatable bonds is 9. The van der Waals surface area contributed by atoms with E-state index in [0.29, 0.717) is 30.1 Å². The van der Waals surface area contributed by atoms with Crippen LogP contribution in [0.3, 0.4) is 0 Å². The molecule has 0 bridgehead atoms. The molecule has 1 aliphatic rings. The van der Waals surface area contributed by atoms with Crippen molar-refractivity contribution >= 4 is 13.1 Å². The maximum Gasteiger partial charge on any atom is 0.494 e. The summed E-state index contributed by atoms with van der Waals surface area (Å²) in [6, 6.07) is 3.33. The summed E-state index contributed by atoms with van der Waals surface area (Å²) in [5.41, 5.74) is 0.437. The van der Waals surface area contributed by atoms with Crippen LogP contribution in [0, 0.1) is 0 Å². The Kier molecular flexibility index (Phi) is 7.51. The Bertz CT molecular complexity index is 747. The van der Waals surface area contributed by atoms with Crippen LogP contribution >= 0.6 is 0 Å². The predicted molar refractivity (Wildman–Crippen MR) is 109 cm³/mol. The van der Waals surface area contributed by atoms with Crippen LogP contribution in [0.15, 0.2) is 40.3 Å². The number of carbonyl (C=O) groups excluding carboxylic acids is 1. The Morgan fingerprint density at radius 2 is 1.90 bits per heavy atom. The van der Waals surface area contributed by atoms with E-state index in [1.165, 1.54) is 6.92 Å². The van der Waals surface area contributed by atoms with Crippen LogP contribution in [0.4, 0.5) is 0 Å². The van der Waals surface area contributed by atoms with Gasteiger partial charge in [-0.25, -0.2) is 0 Å². The van der Waals surface area contributed by atoms with Crippen LogP contribution in [-0.2, 0) is 30.2 Å². The SMILES string of the molecule is C=C(COC)/C(=C/C[C@H](OC(C)=O)c1ccc(CO)o1)B1OC(C)(C)C(C)(C)O1. The first-order chi connectivity index (χ1) is 13.5. The summed E-state index contributed by atoms with van der Waals surface area (Å²) < 4.78 is 28.6. The molecule has 1 atom stereocenters. The zero-order valence-electron chi connectivity index (χ0n) is 18.1. The summed E-state index contributed by atoms with van der Waals surface area (Å²) in [5, 5.41) is 9.23. The minimum atomic E-state index is -0.652. The molecule has 1 aromatic rings. The maximum atomic E-state index is 11.6. The number of hydrogen-bond acceptors (Lipinski definition) is 7. The number of esters is 1. The second-order valence-corrected chi connectivity index (χ2v) is 8.08. The minimum absolute atomic E-state index is 0.230. The fourth-order valence-corrected chi connectivity index (χ4v) is 2.94. The van der Waals surface area contributed by atoms with E-state index in [0.717, 1.165) is 5.47 Å². The topological polar surface area (TPSA) is 87.4 Å². The number of aliphatic hydroxyl groups is 1. The van der Waals surface area contributed by atoms with Crippen LogP contribution in [0.2, 0.25) is 0 Å². The van der Waals surface area contributed by atoms with Crippen molar-refractivity contribution in [2.45, 2.75) is 65.0 Å². The van der Waals surface area contributed by atoms with Gasteiger partial charge in [-0.3, -0.25) is 4.79 Å². The van der Waals surface area contributed by atoms with Crippen molar-refractivity contribution in [1.82, 2.24) is 0 Å². The molecule has 0 saturated carbocycles. The normalized spacial score (nSPS) is 19.3. The minimum Gasteiger partial charge on any atom is -0.460 e. The smallest absolute Gasteiger partial charge is 0.460 e. The molecule has 1 fully saturated rings. The lowest BCUT2D eigenvalue weighted by molar-refractivity contribution is -0.147. The van der Waals surface area contributed by atoms with Crippen molar-refractivity contribution in [2.75, 3.05) is 13.7 Å². The number of furan rings is 1. The maximum absolute atomic E-state index is 11.6.